The molecule has 1 aliphatic rings. The summed E-state index contributed by atoms with van der Waals surface area (Å²) in [7, 11) is 0. The molecule has 3 aromatic rings. The molecule has 0 saturated carbocycles. The Kier molecular flexibility index (Phi) is 4.01. The van der Waals surface area contributed by atoms with Gasteiger partial charge in [0.05, 0.1) is 5.52 Å². The number of hydrogen-bond donors (Lipinski definition) is 0. The van der Waals surface area contributed by atoms with Crippen molar-refractivity contribution in [3.63, 3.8) is 0 Å². The Morgan fingerprint density at radius 1 is 0.960 bits per heavy atom. The van der Waals surface area contributed by atoms with Gasteiger partial charge in [-0.1, -0.05) is 18.2 Å². The monoisotopic (exact) mass is 333 g/mol. The number of hydrogen-bond acceptors (Lipinski definition) is 5. The number of aryl methyl sites for hydroxylation is 1. The third-order valence-electron chi connectivity index (χ3n) is 4.50. The van der Waals surface area contributed by atoms with Gasteiger partial charge in [0.25, 0.3) is 5.91 Å². The molecule has 1 fully saturated rings. The fraction of sp³-hybridized carbons (Fsp3) is 0.263. The number of amides is 1. The van der Waals surface area contributed by atoms with Crippen molar-refractivity contribution in [1.82, 2.24) is 19.9 Å². The summed E-state index contributed by atoms with van der Waals surface area (Å²) in [6, 6.07) is 13.6. The number of anilines is 1. The molecule has 0 aliphatic carbocycles. The molecule has 2 aromatic heterocycles. The van der Waals surface area contributed by atoms with Crippen LogP contribution in [0.25, 0.3) is 10.9 Å². The van der Waals surface area contributed by atoms with E-state index in [1.54, 1.807) is 12.4 Å². The molecule has 3 heterocycles. The maximum atomic E-state index is 12.6. The van der Waals surface area contributed by atoms with E-state index < -0.39 is 0 Å². The van der Waals surface area contributed by atoms with Crippen LogP contribution in [0.2, 0.25) is 0 Å². The molecule has 0 unspecified atom stereocenters. The van der Waals surface area contributed by atoms with Crippen molar-refractivity contribution in [2.45, 2.75) is 6.92 Å². The number of fused-ring (bicyclic) bond motifs is 1. The first-order valence-electron chi connectivity index (χ1n) is 8.40. The van der Waals surface area contributed by atoms with E-state index in [4.69, 9.17) is 0 Å². The minimum atomic E-state index is -0.00380. The van der Waals surface area contributed by atoms with Crippen molar-refractivity contribution in [1.29, 1.82) is 0 Å². The van der Waals surface area contributed by atoms with Gasteiger partial charge in [0.15, 0.2) is 0 Å². The third kappa shape index (κ3) is 3.03. The number of pyridine rings is 1. The van der Waals surface area contributed by atoms with Gasteiger partial charge in [-0.25, -0.2) is 15.0 Å². The van der Waals surface area contributed by atoms with Gasteiger partial charge in [0.2, 0.25) is 0 Å². The lowest BCUT2D eigenvalue weighted by Gasteiger charge is -2.35. The van der Waals surface area contributed by atoms with Crippen LogP contribution < -0.4 is 4.90 Å². The summed E-state index contributed by atoms with van der Waals surface area (Å²) in [5, 5.41) is 1.05. The Balaban J connectivity index is 1.50. The molecule has 0 spiro atoms. The van der Waals surface area contributed by atoms with Crippen molar-refractivity contribution in [2.24, 2.45) is 0 Å². The van der Waals surface area contributed by atoms with Crippen molar-refractivity contribution in [3.05, 3.63) is 60.2 Å². The second-order valence-electron chi connectivity index (χ2n) is 6.16. The molecule has 1 amide bonds. The number of benzene rings is 1. The van der Waals surface area contributed by atoms with Crippen molar-refractivity contribution < 1.29 is 4.79 Å². The van der Waals surface area contributed by atoms with Gasteiger partial charge < -0.3 is 9.80 Å². The number of para-hydroxylation sites is 1. The van der Waals surface area contributed by atoms with Crippen molar-refractivity contribution in [2.75, 3.05) is 31.1 Å². The highest BCUT2D eigenvalue weighted by atomic mass is 16.2. The summed E-state index contributed by atoms with van der Waals surface area (Å²) in [4.78, 5) is 29.8. The van der Waals surface area contributed by atoms with E-state index in [1.807, 2.05) is 48.2 Å². The quantitative estimate of drug-likeness (QED) is 0.720. The number of piperazine rings is 1. The molecular weight excluding hydrogens is 314 g/mol. The number of nitrogens with zero attached hydrogens (tertiary/aromatic N) is 5. The van der Waals surface area contributed by atoms with Gasteiger partial charge >= 0.3 is 0 Å². The Morgan fingerprint density at radius 3 is 2.56 bits per heavy atom. The van der Waals surface area contributed by atoms with Crippen LogP contribution in [0, 0.1) is 6.92 Å². The molecule has 1 saturated heterocycles. The second-order valence-corrected chi connectivity index (χ2v) is 6.16. The van der Waals surface area contributed by atoms with E-state index in [0.29, 0.717) is 18.8 Å². The van der Waals surface area contributed by atoms with Crippen molar-refractivity contribution in [3.8, 4) is 0 Å². The van der Waals surface area contributed by atoms with E-state index in [-0.39, 0.29) is 5.91 Å². The number of carbonyl (C=O) groups excluding carboxylic acids is 1. The summed E-state index contributed by atoms with van der Waals surface area (Å²) in [6.07, 6.45) is 1.60. The summed E-state index contributed by atoms with van der Waals surface area (Å²) in [5.41, 5.74) is 2.31. The zero-order valence-corrected chi connectivity index (χ0v) is 14.1. The first-order valence-corrected chi connectivity index (χ1v) is 8.40. The first-order chi connectivity index (χ1) is 12.2. The highest BCUT2D eigenvalue weighted by Crippen LogP contribution is 2.23. The normalized spacial score (nSPS) is 14.8. The van der Waals surface area contributed by atoms with Crippen molar-refractivity contribution >= 4 is 22.6 Å². The average molecular weight is 333 g/mol. The fourth-order valence-electron chi connectivity index (χ4n) is 3.19. The average Bonchev–Trinajstić information content (AvgIpc) is 2.67. The fourth-order valence-corrected chi connectivity index (χ4v) is 3.19. The van der Waals surface area contributed by atoms with E-state index >= 15 is 0 Å². The maximum Gasteiger partial charge on any atom is 0.272 e. The van der Waals surface area contributed by atoms with Crippen LogP contribution in [0.4, 0.5) is 5.82 Å². The van der Waals surface area contributed by atoms with Gasteiger partial charge in [-0.3, -0.25) is 4.79 Å². The lowest BCUT2D eigenvalue weighted by Crippen LogP contribution is -2.49. The molecule has 0 N–H and O–H groups in total. The predicted molar refractivity (Wildman–Crippen MR) is 96.6 cm³/mol. The standard InChI is InChI=1S/C19H19N5O/c1-14-5-4-8-17(22-14)19(25)24-11-9-23(10-12-24)18-15-6-2-3-7-16(15)20-13-21-18/h2-8,13H,9-12H2,1H3. The molecule has 1 aromatic carbocycles. The van der Waals surface area contributed by atoms with Gasteiger partial charge in [-0.05, 0) is 31.2 Å². The van der Waals surface area contributed by atoms with Crippen LogP contribution in [-0.4, -0.2) is 51.9 Å². The number of carbonyl (C=O) groups is 1. The molecule has 126 valence electrons. The second kappa shape index (κ2) is 6.47. The molecule has 1 aliphatic heterocycles. The van der Waals surface area contributed by atoms with E-state index in [2.05, 4.69) is 19.9 Å². The van der Waals surface area contributed by atoms with Gasteiger partial charge in [-0.2, -0.15) is 0 Å². The van der Waals surface area contributed by atoms with Crippen LogP contribution in [0.15, 0.2) is 48.8 Å². The summed E-state index contributed by atoms with van der Waals surface area (Å²) in [5.74, 6) is 0.933. The molecule has 6 heteroatoms. The lowest BCUT2D eigenvalue weighted by molar-refractivity contribution is 0.0740. The van der Waals surface area contributed by atoms with Crippen LogP contribution in [0.5, 0.6) is 0 Å². The molecule has 25 heavy (non-hydrogen) atoms. The number of aromatic nitrogens is 3. The van der Waals surface area contributed by atoms with E-state index in [0.717, 1.165) is 35.5 Å². The van der Waals surface area contributed by atoms with E-state index in [9.17, 15) is 4.79 Å². The molecule has 4 rings (SSSR count). The van der Waals surface area contributed by atoms with Gasteiger partial charge in [-0.15, -0.1) is 0 Å². The molecule has 6 nitrogen and oxygen atoms in total. The predicted octanol–water partition coefficient (Wildman–Crippen LogP) is 2.30. The summed E-state index contributed by atoms with van der Waals surface area (Å²) in [6.45, 7) is 4.71. The van der Waals surface area contributed by atoms with Crippen LogP contribution >= 0.6 is 0 Å². The van der Waals surface area contributed by atoms with Gasteiger partial charge in [0, 0.05) is 37.3 Å². The van der Waals surface area contributed by atoms with Crippen LogP contribution in [0.1, 0.15) is 16.2 Å². The van der Waals surface area contributed by atoms with Gasteiger partial charge in [0.1, 0.15) is 17.8 Å². The zero-order valence-electron chi connectivity index (χ0n) is 14.1. The van der Waals surface area contributed by atoms with Crippen LogP contribution in [0.3, 0.4) is 0 Å². The largest absolute Gasteiger partial charge is 0.352 e. The lowest BCUT2D eigenvalue weighted by atomic mass is 10.2. The summed E-state index contributed by atoms with van der Waals surface area (Å²) >= 11 is 0. The van der Waals surface area contributed by atoms with Crippen LogP contribution in [-0.2, 0) is 0 Å². The minimum Gasteiger partial charge on any atom is -0.352 e. The Hall–Kier alpha value is -3.02. The van der Waals surface area contributed by atoms with E-state index in [1.165, 1.54) is 0 Å². The third-order valence-corrected chi connectivity index (χ3v) is 4.50. The Morgan fingerprint density at radius 2 is 1.76 bits per heavy atom. The Bertz CT molecular complexity index is 913. The zero-order chi connectivity index (χ0) is 17.2. The minimum absolute atomic E-state index is 0.00380. The maximum absolute atomic E-state index is 12.6. The summed E-state index contributed by atoms with van der Waals surface area (Å²) < 4.78 is 0. The molecule has 0 atom stereocenters. The topological polar surface area (TPSA) is 62.2 Å². The molecular formula is C19H19N5O. The Labute approximate surface area is 146 Å². The number of rotatable bonds is 2. The highest BCUT2D eigenvalue weighted by molar-refractivity contribution is 5.93. The SMILES string of the molecule is Cc1cccc(C(=O)N2CCN(c3ncnc4ccccc34)CC2)n1. The highest BCUT2D eigenvalue weighted by Gasteiger charge is 2.24. The smallest absolute Gasteiger partial charge is 0.272 e. The first kappa shape index (κ1) is 15.5. The molecule has 0 bridgehead atoms. The molecule has 0 radical (unpaired) electrons.